The van der Waals surface area contributed by atoms with Gasteiger partial charge in [-0.3, -0.25) is 4.79 Å². The van der Waals surface area contributed by atoms with Gasteiger partial charge in [0.25, 0.3) is 5.56 Å². The Morgan fingerprint density at radius 1 is 1.28 bits per heavy atom. The molecule has 0 aliphatic carbocycles. The smallest absolute Gasteiger partial charge is 0.254 e. The van der Waals surface area contributed by atoms with Gasteiger partial charge in [0.05, 0.1) is 19.0 Å². The lowest BCUT2D eigenvalue weighted by Gasteiger charge is -2.05. The normalized spacial score (nSPS) is 10.3. The summed E-state index contributed by atoms with van der Waals surface area (Å²) in [7, 11) is 1.68. The Bertz CT molecular complexity index is 549. The van der Waals surface area contributed by atoms with Gasteiger partial charge >= 0.3 is 0 Å². The lowest BCUT2D eigenvalue weighted by molar-refractivity contribution is 0.202. The van der Waals surface area contributed by atoms with E-state index in [2.05, 4.69) is 9.97 Å². The summed E-state index contributed by atoms with van der Waals surface area (Å²) >= 11 is 0. The van der Waals surface area contributed by atoms with Gasteiger partial charge < -0.3 is 14.5 Å². The molecular weight excluding hydrogens is 232 g/mol. The van der Waals surface area contributed by atoms with Crippen molar-refractivity contribution in [2.24, 2.45) is 0 Å². The molecule has 5 heteroatoms. The highest BCUT2D eigenvalue weighted by atomic mass is 16.5. The van der Waals surface area contributed by atoms with E-state index >= 15 is 0 Å². The molecule has 0 aliphatic rings. The summed E-state index contributed by atoms with van der Waals surface area (Å²) in [4.78, 5) is 17.4. The fourth-order valence-corrected chi connectivity index (χ4v) is 1.47. The molecule has 0 unspecified atom stereocenters. The number of aromatic nitrogens is 2. The van der Waals surface area contributed by atoms with Crippen LogP contribution < -0.4 is 10.3 Å². The topological polar surface area (TPSA) is 64.2 Å². The van der Waals surface area contributed by atoms with Crippen molar-refractivity contribution >= 4 is 0 Å². The predicted octanol–water partition coefficient (Wildman–Crippen LogP) is 1.75. The van der Waals surface area contributed by atoms with Crippen LogP contribution in [0.5, 0.6) is 11.6 Å². The van der Waals surface area contributed by atoms with E-state index in [1.807, 2.05) is 24.3 Å². The van der Waals surface area contributed by atoms with Crippen molar-refractivity contribution in [2.75, 3.05) is 13.7 Å². The first-order valence-corrected chi connectivity index (χ1v) is 5.58. The van der Waals surface area contributed by atoms with Crippen molar-refractivity contribution in [3.63, 3.8) is 0 Å². The van der Waals surface area contributed by atoms with E-state index in [-0.39, 0.29) is 11.4 Å². The number of ether oxygens (including phenoxy) is 2. The van der Waals surface area contributed by atoms with E-state index in [1.54, 1.807) is 7.11 Å². The standard InChI is InChI=1S/C13H14N2O3/c1-17-7-6-10-2-4-11(5-3-10)18-13-8-12(16)14-9-15-13/h2-5,8-9H,6-7H2,1H3,(H,14,15,16). The molecule has 94 valence electrons. The van der Waals surface area contributed by atoms with Crippen LogP contribution in [0.1, 0.15) is 5.56 Å². The molecule has 2 rings (SSSR count). The van der Waals surface area contributed by atoms with Gasteiger partial charge in [-0.1, -0.05) is 12.1 Å². The highest BCUT2D eigenvalue weighted by Crippen LogP contribution is 2.18. The van der Waals surface area contributed by atoms with Gasteiger partial charge in [0.2, 0.25) is 5.88 Å². The maximum Gasteiger partial charge on any atom is 0.254 e. The second-order valence-corrected chi connectivity index (χ2v) is 3.74. The molecule has 1 aromatic heterocycles. The summed E-state index contributed by atoms with van der Waals surface area (Å²) in [6.45, 7) is 0.690. The summed E-state index contributed by atoms with van der Waals surface area (Å²) in [5, 5.41) is 0. The molecule has 1 aromatic carbocycles. The second-order valence-electron chi connectivity index (χ2n) is 3.74. The van der Waals surface area contributed by atoms with Crippen LogP contribution in [0.3, 0.4) is 0 Å². The second kappa shape index (κ2) is 5.97. The van der Waals surface area contributed by atoms with Crippen LogP contribution in [-0.2, 0) is 11.2 Å². The van der Waals surface area contributed by atoms with Gasteiger partial charge in [-0.05, 0) is 24.1 Å². The summed E-state index contributed by atoms with van der Waals surface area (Å²) in [5.41, 5.74) is 0.930. The fourth-order valence-electron chi connectivity index (χ4n) is 1.47. The zero-order valence-electron chi connectivity index (χ0n) is 10.1. The Kier molecular flexibility index (Phi) is 4.09. The minimum absolute atomic E-state index is 0.239. The number of nitrogens with zero attached hydrogens (tertiary/aromatic N) is 1. The minimum atomic E-state index is -0.239. The number of H-pyrrole nitrogens is 1. The van der Waals surface area contributed by atoms with Gasteiger partial charge in [-0.2, -0.15) is 0 Å². The van der Waals surface area contributed by atoms with E-state index in [9.17, 15) is 4.79 Å². The fraction of sp³-hybridized carbons (Fsp3) is 0.231. The number of hydrogen-bond acceptors (Lipinski definition) is 4. The van der Waals surface area contributed by atoms with E-state index in [0.717, 1.165) is 6.42 Å². The quantitative estimate of drug-likeness (QED) is 0.873. The first kappa shape index (κ1) is 12.3. The Hall–Kier alpha value is -2.14. The summed E-state index contributed by atoms with van der Waals surface area (Å²) in [6, 6.07) is 8.91. The monoisotopic (exact) mass is 246 g/mol. The summed E-state index contributed by atoms with van der Waals surface area (Å²) in [6.07, 6.45) is 2.17. The van der Waals surface area contributed by atoms with Gasteiger partial charge in [-0.25, -0.2) is 4.98 Å². The van der Waals surface area contributed by atoms with Crippen molar-refractivity contribution < 1.29 is 9.47 Å². The molecular formula is C13H14N2O3. The molecule has 0 saturated carbocycles. The van der Waals surface area contributed by atoms with Crippen molar-refractivity contribution in [1.29, 1.82) is 0 Å². The third-order valence-electron chi connectivity index (χ3n) is 2.39. The Morgan fingerprint density at radius 2 is 2.06 bits per heavy atom. The Labute approximate surface area is 104 Å². The van der Waals surface area contributed by atoms with Crippen LogP contribution in [0.15, 0.2) is 41.5 Å². The molecule has 18 heavy (non-hydrogen) atoms. The highest BCUT2D eigenvalue weighted by molar-refractivity contribution is 5.30. The van der Waals surface area contributed by atoms with Crippen molar-refractivity contribution in [2.45, 2.75) is 6.42 Å². The molecule has 5 nitrogen and oxygen atoms in total. The van der Waals surface area contributed by atoms with Crippen LogP contribution in [-0.4, -0.2) is 23.7 Å². The van der Waals surface area contributed by atoms with E-state index < -0.39 is 0 Å². The van der Waals surface area contributed by atoms with Gasteiger partial charge in [-0.15, -0.1) is 0 Å². The first-order chi connectivity index (χ1) is 8.78. The van der Waals surface area contributed by atoms with Crippen molar-refractivity contribution in [1.82, 2.24) is 9.97 Å². The number of methoxy groups -OCH3 is 1. The summed E-state index contributed by atoms with van der Waals surface area (Å²) < 4.78 is 10.5. The van der Waals surface area contributed by atoms with Crippen LogP contribution in [0, 0.1) is 0 Å². The third-order valence-corrected chi connectivity index (χ3v) is 2.39. The molecule has 0 radical (unpaired) electrons. The largest absolute Gasteiger partial charge is 0.439 e. The van der Waals surface area contributed by atoms with Gasteiger partial charge in [0, 0.05) is 7.11 Å². The average molecular weight is 246 g/mol. The van der Waals surface area contributed by atoms with Gasteiger partial charge in [0.1, 0.15) is 5.75 Å². The van der Waals surface area contributed by atoms with Gasteiger partial charge in [0.15, 0.2) is 0 Å². The van der Waals surface area contributed by atoms with Crippen molar-refractivity contribution in [3.05, 3.63) is 52.6 Å². The maximum absolute atomic E-state index is 11.1. The van der Waals surface area contributed by atoms with Crippen LogP contribution in [0.4, 0.5) is 0 Å². The Morgan fingerprint density at radius 3 is 2.72 bits per heavy atom. The molecule has 0 atom stereocenters. The predicted molar refractivity (Wildman–Crippen MR) is 67.0 cm³/mol. The summed E-state index contributed by atoms with van der Waals surface area (Å²) in [5.74, 6) is 0.928. The van der Waals surface area contributed by atoms with E-state index in [4.69, 9.17) is 9.47 Å². The number of aromatic amines is 1. The van der Waals surface area contributed by atoms with E-state index in [1.165, 1.54) is 18.0 Å². The molecule has 0 saturated heterocycles. The zero-order chi connectivity index (χ0) is 12.8. The molecule has 2 aromatic rings. The number of hydrogen-bond donors (Lipinski definition) is 1. The van der Waals surface area contributed by atoms with Crippen LogP contribution >= 0.6 is 0 Å². The first-order valence-electron chi connectivity index (χ1n) is 5.58. The van der Waals surface area contributed by atoms with E-state index in [0.29, 0.717) is 12.4 Å². The maximum atomic E-state index is 11.1. The van der Waals surface area contributed by atoms with Crippen molar-refractivity contribution in [3.8, 4) is 11.6 Å². The molecule has 1 heterocycles. The molecule has 1 N–H and O–H groups in total. The lowest BCUT2D eigenvalue weighted by atomic mass is 10.1. The molecule has 0 fully saturated rings. The molecule has 0 bridgehead atoms. The number of benzene rings is 1. The van der Waals surface area contributed by atoms with Crippen LogP contribution in [0.2, 0.25) is 0 Å². The Balaban J connectivity index is 2.04. The SMILES string of the molecule is COCCc1ccc(Oc2cc(=O)[nH]cn2)cc1. The molecule has 0 aliphatic heterocycles. The highest BCUT2D eigenvalue weighted by Gasteiger charge is 1.99. The average Bonchev–Trinajstić information content (AvgIpc) is 2.38. The third kappa shape index (κ3) is 3.43. The molecule has 0 amide bonds. The minimum Gasteiger partial charge on any atom is -0.439 e. The molecule has 0 spiro atoms. The zero-order valence-corrected chi connectivity index (χ0v) is 10.1. The number of nitrogens with one attached hydrogen (secondary N) is 1. The lowest BCUT2D eigenvalue weighted by Crippen LogP contribution is -2.04. The van der Waals surface area contributed by atoms with Crippen LogP contribution in [0.25, 0.3) is 0 Å². The number of rotatable bonds is 5.